The van der Waals surface area contributed by atoms with Gasteiger partial charge in [-0.15, -0.1) is 11.3 Å². The molecule has 29 heavy (non-hydrogen) atoms. The summed E-state index contributed by atoms with van der Waals surface area (Å²) in [4.78, 5) is 33.6. The van der Waals surface area contributed by atoms with E-state index in [4.69, 9.17) is 14.2 Å². The molecule has 0 bridgehead atoms. The summed E-state index contributed by atoms with van der Waals surface area (Å²) in [6.07, 6.45) is 0.0505. The number of nitrogens with one attached hydrogen (secondary N) is 1. The fourth-order valence-electron chi connectivity index (χ4n) is 3.06. The highest BCUT2D eigenvalue weighted by Crippen LogP contribution is 2.29. The van der Waals surface area contributed by atoms with Crippen LogP contribution in [0, 0.1) is 13.8 Å². The van der Waals surface area contributed by atoms with Gasteiger partial charge in [0.25, 0.3) is 5.56 Å². The van der Waals surface area contributed by atoms with Gasteiger partial charge in [-0.05, 0) is 50.5 Å². The molecule has 0 saturated heterocycles. The maximum absolute atomic E-state index is 12.4. The molecule has 3 aromatic rings. The Hall–Kier alpha value is -2.87. The monoisotopic (exact) mass is 416 g/mol. The zero-order valence-corrected chi connectivity index (χ0v) is 17.9. The predicted octanol–water partition coefficient (Wildman–Crippen LogP) is 3.86. The number of rotatable bonds is 7. The number of esters is 1. The van der Waals surface area contributed by atoms with Crippen molar-refractivity contribution < 1.29 is 19.0 Å². The molecular formula is C21H24N2O5S. The third kappa shape index (κ3) is 4.42. The summed E-state index contributed by atoms with van der Waals surface area (Å²) in [5.41, 5.74) is 1.66. The summed E-state index contributed by atoms with van der Waals surface area (Å²) < 4.78 is 16.0. The molecule has 0 aliphatic heterocycles. The van der Waals surface area contributed by atoms with E-state index in [1.807, 2.05) is 26.0 Å². The molecule has 154 valence electrons. The summed E-state index contributed by atoms with van der Waals surface area (Å²) >= 11 is 1.46. The van der Waals surface area contributed by atoms with E-state index in [0.29, 0.717) is 34.0 Å². The Balaban J connectivity index is 1.66. The number of hydrogen-bond donors (Lipinski definition) is 1. The highest BCUT2D eigenvalue weighted by Gasteiger charge is 2.18. The SMILES string of the molecule is COc1ccc(CCC(=O)O[C@@H](C)c2nc3sc(C)c(C)c3c(=O)[nH]2)cc1OC. The summed E-state index contributed by atoms with van der Waals surface area (Å²) in [6.45, 7) is 5.56. The minimum absolute atomic E-state index is 0.198. The molecule has 0 saturated carbocycles. The van der Waals surface area contributed by atoms with Crippen LogP contribution in [0.15, 0.2) is 23.0 Å². The fourth-order valence-corrected chi connectivity index (χ4v) is 4.10. The van der Waals surface area contributed by atoms with E-state index < -0.39 is 6.10 Å². The van der Waals surface area contributed by atoms with Crippen molar-refractivity contribution >= 4 is 27.5 Å². The van der Waals surface area contributed by atoms with Crippen molar-refractivity contribution in [3.63, 3.8) is 0 Å². The van der Waals surface area contributed by atoms with Gasteiger partial charge in [-0.25, -0.2) is 4.98 Å². The first kappa shape index (κ1) is 20.9. The standard InChI is InChI=1S/C21H24N2O5S/c1-11-13(3)29-21-18(11)20(25)22-19(23-21)12(2)28-17(24)9-7-14-6-8-15(26-4)16(10-14)27-5/h6,8,10,12H,7,9H2,1-5H3,(H,22,23,25)/t12-/m0/s1. The number of fused-ring (bicyclic) bond motifs is 1. The van der Waals surface area contributed by atoms with Crippen LogP contribution in [-0.4, -0.2) is 30.2 Å². The summed E-state index contributed by atoms with van der Waals surface area (Å²) in [6, 6.07) is 5.52. The van der Waals surface area contributed by atoms with Crippen LogP contribution in [0.1, 0.15) is 41.3 Å². The smallest absolute Gasteiger partial charge is 0.306 e. The number of aryl methyl sites for hydroxylation is 3. The van der Waals surface area contributed by atoms with Gasteiger partial charge in [-0.3, -0.25) is 9.59 Å². The van der Waals surface area contributed by atoms with E-state index in [-0.39, 0.29) is 17.9 Å². The molecule has 0 spiro atoms. The van der Waals surface area contributed by atoms with Gasteiger partial charge in [-0.2, -0.15) is 0 Å². The van der Waals surface area contributed by atoms with Crippen LogP contribution in [0.5, 0.6) is 11.5 Å². The molecule has 0 aliphatic carbocycles. The second-order valence-corrected chi connectivity index (χ2v) is 7.94. The number of hydrogen-bond acceptors (Lipinski definition) is 7. The lowest BCUT2D eigenvalue weighted by Crippen LogP contribution is -2.17. The number of methoxy groups -OCH3 is 2. The number of H-pyrrole nitrogens is 1. The highest BCUT2D eigenvalue weighted by molar-refractivity contribution is 7.18. The zero-order chi connectivity index (χ0) is 21.1. The first-order chi connectivity index (χ1) is 13.8. The molecule has 1 N–H and O–H groups in total. The molecule has 7 nitrogen and oxygen atoms in total. The molecule has 1 atom stereocenters. The number of ether oxygens (including phenoxy) is 3. The molecule has 1 aromatic carbocycles. The predicted molar refractivity (Wildman–Crippen MR) is 112 cm³/mol. The number of aromatic nitrogens is 2. The second kappa shape index (κ2) is 8.65. The van der Waals surface area contributed by atoms with Crippen LogP contribution in [0.25, 0.3) is 10.2 Å². The Morgan fingerprint density at radius 3 is 2.62 bits per heavy atom. The lowest BCUT2D eigenvalue weighted by Gasteiger charge is -2.13. The number of thiophene rings is 1. The van der Waals surface area contributed by atoms with Crippen LogP contribution < -0.4 is 15.0 Å². The van der Waals surface area contributed by atoms with Crippen molar-refractivity contribution in [3.05, 3.63) is 50.4 Å². The molecule has 3 rings (SSSR count). The van der Waals surface area contributed by atoms with E-state index in [1.165, 1.54) is 11.3 Å². The Morgan fingerprint density at radius 2 is 1.93 bits per heavy atom. The van der Waals surface area contributed by atoms with Crippen LogP contribution in [0.2, 0.25) is 0 Å². The van der Waals surface area contributed by atoms with Gasteiger partial charge in [0.05, 0.1) is 19.6 Å². The van der Waals surface area contributed by atoms with E-state index in [9.17, 15) is 9.59 Å². The quantitative estimate of drug-likeness (QED) is 0.588. The minimum atomic E-state index is -0.646. The van der Waals surface area contributed by atoms with Gasteiger partial charge in [0, 0.05) is 11.3 Å². The maximum Gasteiger partial charge on any atom is 0.306 e. The van der Waals surface area contributed by atoms with Crippen molar-refractivity contribution in [2.24, 2.45) is 0 Å². The lowest BCUT2D eigenvalue weighted by atomic mass is 10.1. The van der Waals surface area contributed by atoms with E-state index >= 15 is 0 Å². The molecule has 8 heteroatoms. The van der Waals surface area contributed by atoms with Gasteiger partial charge in [0.2, 0.25) is 0 Å². The van der Waals surface area contributed by atoms with Gasteiger partial charge in [0.15, 0.2) is 23.4 Å². The van der Waals surface area contributed by atoms with Crippen LogP contribution in [-0.2, 0) is 16.0 Å². The Kier molecular flexibility index (Phi) is 6.22. The van der Waals surface area contributed by atoms with Gasteiger partial charge < -0.3 is 19.2 Å². The van der Waals surface area contributed by atoms with Gasteiger partial charge in [-0.1, -0.05) is 6.07 Å². The Labute approximate surface area is 172 Å². The van der Waals surface area contributed by atoms with Crippen LogP contribution in [0.3, 0.4) is 0 Å². The largest absolute Gasteiger partial charge is 0.493 e. The first-order valence-electron chi connectivity index (χ1n) is 9.24. The third-order valence-corrected chi connectivity index (χ3v) is 5.92. The van der Waals surface area contributed by atoms with E-state index in [0.717, 1.165) is 16.0 Å². The number of aromatic amines is 1. The van der Waals surface area contributed by atoms with Crippen molar-refractivity contribution in [1.29, 1.82) is 0 Å². The molecule has 0 fully saturated rings. The normalized spacial score (nSPS) is 12.0. The van der Waals surface area contributed by atoms with Gasteiger partial charge >= 0.3 is 5.97 Å². The number of benzene rings is 1. The lowest BCUT2D eigenvalue weighted by molar-refractivity contribution is -0.148. The first-order valence-corrected chi connectivity index (χ1v) is 10.1. The fraction of sp³-hybridized carbons (Fsp3) is 0.381. The number of carbonyl (C=O) groups excluding carboxylic acids is 1. The van der Waals surface area contributed by atoms with E-state index in [2.05, 4.69) is 9.97 Å². The van der Waals surface area contributed by atoms with Crippen molar-refractivity contribution in [3.8, 4) is 11.5 Å². The van der Waals surface area contributed by atoms with Crippen molar-refractivity contribution in [2.75, 3.05) is 14.2 Å². The summed E-state index contributed by atoms with van der Waals surface area (Å²) in [5.74, 6) is 1.23. The van der Waals surface area contributed by atoms with Crippen LogP contribution in [0.4, 0.5) is 0 Å². The van der Waals surface area contributed by atoms with E-state index in [1.54, 1.807) is 27.2 Å². The average Bonchev–Trinajstić information content (AvgIpc) is 3.00. The zero-order valence-electron chi connectivity index (χ0n) is 17.1. The topological polar surface area (TPSA) is 90.5 Å². The average molecular weight is 416 g/mol. The van der Waals surface area contributed by atoms with Crippen LogP contribution >= 0.6 is 11.3 Å². The number of carbonyl (C=O) groups is 1. The summed E-state index contributed by atoms with van der Waals surface area (Å²) in [7, 11) is 3.14. The highest BCUT2D eigenvalue weighted by atomic mass is 32.1. The molecule has 2 aromatic heterocycles. The molecule has 0 amide bonds. The second-order valence-electron chi connectivity index (χ2n) is 6.74. The minimum Gasteiger partial charge on any atom is -0.493 e. The number of nitrogens with zero attached hydrogens (tertiary/aromatic N) is 1. The molecular weight excluding hydrogens is 392 g/mol. The Bertz CT molecular complexity index is 1100. The van der Waals surface area contributed by atoms with Crippen molar-refractivity contribution in [1.82, 2.24) is 9.97 Å². The molecule has 0 aliphatic rings. The van der Waals surface area contributed by atoms with Gasteiger partial charge in [0.1, 0.15) is 4.83 Å². The van der Waals surface area contributed by atoms with Crippen molar-refractivity contribution in [2.45, 2.75) is 39.7 Å². The summed E-state index contributed by atoms with van der Waals surface area (Å²) in [5, 5.41) is 0.600. The molecule has 0 unspecified atom stereocenters. The third-order valence-electron chi connectivity index (χ3n) is 4.82. The molecule has 2 heterocycles. The Morgan fingerprint density at radius 1 is 1.21 bits per heavy atom. The molecule has 0 radical (unpaired) electrons. The maximum atomic E-state index is 12.4.